The van der Waals surface area contributed by atoms with Gasteiger partial charge in [-0.05, 0) is 56.0 Å². The van der Waals surface area contributed by atoms with Crippen LogP contribution in [0.4, 0.5) is 4.79 Å². The second kappa shape index (κ2) is 7.47. The van der Waals surface area contributed by atoms with Crippen molar-refractivity contribution < 1.29 is 9.53 Å². The number of nitrogens with zero attached hydrogens (tertiary/aromatic N) is 3. The van der Waals surface area contributed by atoms with Gasteiger partial charge in [-0.2, -0.15) is 10.3 Å². The molecule has 0 aromatic carbocycles. The molecule has 108 valence electrons. The molecule has 0 saturated carbocycles. The Morgan fingerprint density at radius 2 is 2.00 bits per heavy atom. The number of carbonyl (C=O) groups excluding carboxylic acids is 1. The van der Waals surface area contributed by atoms with Crippen molar-refractivity contribution in [1.82, 2.24) is 20.3 Å². The lowest BCUT2D eigenvalue weighted by molar-refractivity contribution is 0.0216. The smallest absolute Gasteiger partial charge is 0.410 e. The first kappa shape index (κ1) is 15.9. The third kappa shape index (κ3) is 7.15. The summed E-state index contributed by atoms with van der Waals surface area (Å²) in [6.07, 6.45) is 4.88. The number of halogens is 1. The molecular weight excluding hydrogens is 312 g/mol. The highest BCUT2D eigenvalue weighted by atomic mass is 79.9. The van der Waals surface area contributed by atoms with Crippen molar-refractivity contribution >= 4 is 22.0 Å². The van der Waals surface area contributed by atoms with E-state index in [1.165, 1.54) is 6.42 Å². The topological polar surface area (TPSA) is 71.1 Å². The second-order valence-corrected chi connectivity index (χ2v) is 6.13. The van der Waals surface area contributed by atoms with Crippen LogP contribution in [-0.2, 0) is 4.74 Å². The lowest BCUT2D eigenvalue weighted by Gasteiger charge is -2.29. The SMILES string of the molecule is Brc1cn[nH]n1.CC(C)(C)OC(=O)N1CCCCC1. The molecule has 1 N–H and O–H groups in total. The van der Waals surface area contributed by atoms with E-state index < -0.39 is 0 Å². The van der Waals surface area contributed by atoms with Crippen molar-refractivity contribution in [3.63, 3.8) is 0 Å². The van der Waals surface area contributed by atoms with Gasteiger partial charge in [-0.1, -0.05) is 0 Å². The van der Waals surface area contributed by atoms with E-state index in [4.69, 9.17) is 4.74 Å². The molecule has 1 aliphatic rings. The lowest BCUT2D eigenvalue weighted by Crippen LogP contribution is -2.39. The molecule has 0 unspecified atom stereocenters. The molecule has 0 atom stereocenters. The number of rotatable bonds is 0. The molecule has 1 aromatic rings. The van der Waals surface area contributed by atoms with E-state index in [0.717, 1.165) is 30.5 Å². The molecular formula is C12H21BrN4O2. The zero-order valence-electron chi connectivity index (χ0n) is 11.6. The van der Waals surface area contributed by atoms with Crippen molar-refractivity contribution in [3.8, 4) is 0 Å². The van der Waals surface area contributed by atoms with E-state index in [-0.39, 0.29) is 11.7 Å². The van der Waals surface area contributed by atoms with E-state index >= 15 is 0 Å². The van der Waals surface area contributed by atoms with Crippen LogP contribution in [0.1, 0.15) is 40.0 Å². The summed E-state index contributed by atoms with van der Waals surface area (Å²) < 4.78 is 6.00. The maximum Gasteiger partial charge on any atom is 0.410 e. The quantitative estimate of drug-likeness (QED) is 0.792. The first-order valence-corrected chi connectivity index (χ1v) is 7.17. The Hall–Kier alpha value is -1.11. The van der Waals surface area contributed by atoms with Gasteiger partial charge in [0.1, 0.15) is 10.2 Å². The molecule has 19 heavy (non-hydrogen) atoms. The van der Waals surface area contributed by atoms with Gasteiger partial charge < -0.3 is 9.64 Å². The third-order valence-corrected chi connectivity index (χ3v) is 2.78. The van der Waals surface area contributed by atoms with Gasteiger partial charge in [-0.25, -0.2) is 4.79 Å². The summed E-state index contributed by atoms with van der Waals surface area (Å²) in [6, 6.07) is 0. The van der Waals surface area contributed by atoms with Crippen LogP contribution < -0.4 is 0 Å². The minimum absolute atomic E-state index is 0.160. The molecule has 0 spiro atoms. The number of amides is 1. The number of aromatic amines is 1. The summed E-state index contributed by atoms with van der Waals surface area (Å²) in [5, 5.41) is 9.52. The van der Waals surface area contributed by atoms with Crippen molar-refractivity contribution in [1.29, 1.82) is 0 Å². The second-order valence-electron chi connectivity index (χ2n) is 5.32. The summed E-state index contributed by atoms with van der Waals surface area (Å²) >= 11 is 3.08. The number of hydrogen-bond acceptors (Lipinski definition) is 4. The summed E-state index contributed by atoms with van der Waals surface area (Å²) in [7, 11) is 0. The standard InChI is InChI=1S/C10H19NO2.C2H2BrN3/c1-10(2,3)13-9(12)11-7-5-4-6-8-11;3-2-1-4-6-5-2/h4-8H2,1-3H3;1H,(H,4,5,6). The number of piperidine rings is 1. The molecule has 0 bridgehead atoms. The highest BCUT2D eigenvalue weighted by molar-refractivity contribution is 9.10. The zero-order chi connectivity index (χ0) is 14.3. The molecule has 1 saturated heterocycles. The van der Waals surface area contributed by atoms with Gasteiger partial charge in [0.15, 0.2) is 0 Å². The Kier molecular flexibility index (Phi) is 6.27. The van der Waals surface area contributed by atoms with E-state index in [0.29, 0.717) is 0 Å². The van der Waals surface area contributed by atoms with E-state index in [1.807, 2.05) is 20.8 Å². The highest BCUT2D eigenvalue weighted by Crippen LogP contribution is 2.14. The molecule has 1 fully saturated rings. The van der Waals surface area contributed by atoms with Crippen LogP contribution in [-0.4, -0.2) is 45.1 Å². The Bertz CT molecular complexity index is 370. The number of ether oxygens (including phenoxy) is 1. The summed E-state index contributed by atoms with van der Waals surface area (Å²) in [4.78, 5) is 13.3. The van der Waals surface area contributed by atoms with Crippen LogP contribution in [0, 0.1) is 0 Å². The van der Waals surface area contributed by atoms with Gasteiger partial charge in [0.2, 0.25) is 0 Å². The Morgan fingerprint density at radius 1 is 1.37 bits per heavy atom. The number of likely N-dealkylation sites (tertiary alicyclic amines) is 1. The van der Waals surface area contributed by atoms with Crippen LogP contribution in [0.25, 0.3) is 0 Å². The fourth-order valence-corrected chi connectivity index (χ4v) is 1.77. The molecule has 1 amide bonds. The molecule has 0 radical (unpaired) electrons. The minimum Gasteiger partial charge on any atom is -0.444 e. The first-order chi connectivity index (χ1) is 8.88. The average Bonchev–Trinajstić information content (AvgIpc) is 2.80. The van der Waals surface area contributed by atoms with Crippen molar-refractivity contribution in [2.75, 3.05) is 13.1 Å². The van der Waals surface area contributed by atoms with Crippen LogP contribution in [0.5, 0.6) is 0 Å². The van der Waals surface area contributed by atoms with Crippen LogP contribution in [0.3, 0.4) is 0 Å². The van der Waals surface area contributed by atoms with E-state index in [9.17, 15) is 4.79 Å². The van der Waals surface area contributed by atoms with Crippen LogP contribution in [0.2, 0.25) is 0 Å². The highest BCUT2D eigenvalue weighted by Gasteiger charge is 2.22. The van der Waals surface area contributed by atoms with Crippen molar-refractivity contribution in [2.24, 2.45) is 0 Å². The normalized spacial score (nSPS) is 15.5. The van der Waals surface area contributed by atoms with Crippen molar-refractivity contribution in [3.05, 3.63) is 10.8 Å². The number of aromatic nitrogens is 3. The van der Waals surface area contributed by atoms with Gasteiger partial charge >= 0.3 is 6.09 Å². The van der Waals surface area contributed by atoms with E-state index in [2.05, 4.69) is 31.3 Å². The monoisotopic (exact) mass is 332 g/mol. The van der Waals surface area contributed by atoms with Crippen LogP contribution >= 0.6 is 15.9 Å². The van der Waals surface area contributed by atoms with Crippen LogP contribution in [0.15, 0.2) is 10.8 Å². The largest absolute Gasteiger partial charge is 0.444 e. The fraction of sp³-hybridized carbons (Fsp3) is 0.750. The Morgan fingerprint density at radius 3 is 2.37 bits per heavy atom. The van der Waals surface area contributed by atoms with Gasteiger partial charge in [-0.15, -0.1) is 5.10 Å². The maximum atomic E-state index is 11.5. The van der Waals surface area contributed by atoms with Crippen molar-refractivity contribution in [2.45, 2.75) is 45.6 Å². The van der Waals surface area contributed by atoms with Gasteiger partial charge in [0.05, 0.1) is 6.20 Å². The molecule has 7 heteroatoms. The predicted octanol–water partition coefficient (Wildman–Crippen LogP) is 2.97. The predicted molar refractivity (Wildman–Crippen MR) is 75.7 cm³/mol. The van der Waals surface area contributed by atoms with E-state index in [1.54, 1.807) is 11.1 Å². The Balaban J connectivity index is 0.000000250. The van der Waals surface area contributed by atoms with Gasteiger partial charge in [0.25, 0.3) is 0 Å². The molecule has 6 nitrogen and oxygen atoms in total. The molecule has 1 aliphatic heterocycles. The lowest BCUT2D eigenvalue weighted by atomic mass is 10.1. The molecule has 2 rings (SSSR count). The average molecular weight is 333 g/mol. The minimum atomic E-state index is -0.367. The Labute approximate surface area is 122 Å². The number of carbonyl (C=O) groups is 1. The summed E-state index contributed by atoms with van der Waals surface area (Å²) in [5.74, 6) is 0. The number of nitrogens with one attached hydrogen (secondary N) is 1. The van der Waals surface area contributed by atoms with Gasteiger partial charge in [-0.3, -0.25) is 0 Å². The molecule has 2 heterocycles. The van der Waals surface area contributed by atoms with Gasteiger partial charge in [0, 0.05) is 13.1 Å². The first-order valence-electron chi connectivity index (χ1n) is 6.38. The molecule has 1 aromatic heterocycles. The number of hydrogen-bond donors (Lipinski definition) is 1. The fourth-order valence-electron chi connectivity index (χ4n) is 1.59. The number of H-pyrrole nitrogens is 1. The third-order valence-electron chi connectivity index (χ3n) is 2.39. The maximum absolute atomic E-state index is 11.5. The summed E-state index contributed by atoms with van der Waals surface area (Å²) in [6.45, 7) is 7.41. The summed E-state index contributed by atoms with van der Waals surface area (Å²) in [5.41, 5.74) is -0.367. The zero-order valence-corrected chi connectivity index (χ0v) is 13.2. The molecule has 0 aliphatic carbocycles.